The zero-order valence-electron chi connectivity index (χ0n) is 14.0. The predicted molar refractivity (Wildman–Crippen MR) is 100 cm³/mol. The maximum Gasteiger partial charge on any atom is 0.282 e. The number of carbonyl (C=O) groups excluding carboxylic acids is 1. The Kier molecular flexibility index (Phi) is 4.67. The number of nitrogens with one attached hydrogen (secondary N) is 1. The van der Waals surface area contributed by atoms with Gasteiger partial charge in [0.1, 0.15) is 0 Å². The van der Waals surface area contributed by atoms with Gasteiger partial charge in [0.05, 0.1) is 11.8 Å². The van der Waals surface area contributed by atoms with Gasteiger partial charge in [-0.2, -0.15) is 9.67 Å². The third-order valence-electron chi connectivity index (χ3n) is 3.81. The van der Waals surface area contributed by atoms with Crippen LogP contribution in [-0.4, -0.2) is 25.7 Å². The molecule has 0 saturated heterocycles. The van der Waals surface area contributed by atoms with Crippen LogP contribution in [0, 0.1) is 0 Å². The molecule has 3 aromatic heterocycles. The van der Waals surface area contributed by atoms with E-state index >= 15 is 0 Å². The molecule has 3 heterocycles. The number of hydrogen-bond acceptors (Lipinski definition) is 6. The first kappa shape index (κ1) is 17.0. The van der Waals surface area contributed by atoms with Crippen molar-refractivity contribution in [1.29, 1.82) is 0 Å². The van der Waals surface area contributed by atoms with Crippen molar-refractivity contribution in [1.82, 2.24) is 19.7 Å². The lowest BCUT2D eigenvalue weighted by molar-refractivity contribution is 0.0947. The Morgan fingerprint density at radius 3 is 2.70 bits per heavy atom. The van der Waals surface area contributed by atoms with Crippen molar-refractivity contribution in [2.24, 2.45) is 0 Å². The van der Waals surface area contributed by atoms with Gasteiger partial charge in [0.2, 0.25) is 11.8 Å². The summed E-state index contributed by atoms with van der Waals surface area (Å²) in [6.45, 7) is 0.452. The topological polar surface area (TPSA) is 85.8 Å². The lowest BCUT2D eigenvalue weighted by Crippen LogP contribution is -2.17. The van der Waals surface area contributed by atoms with Crippen LogP contribution < -0.4 is 5.32 Å². The van der Waals surface area contributed by atoms with Crippen LogP contribution >= 0.6 is 11.6 Å². The number of benzene rings is 1. The van der Waals surface area contributed by atoms with Gasteiger partial charge in [-0.05, 0) is 42.0 Å². The van der Waals surface area contributed by atoms with Crippen LogP contribution in [-0.2, 0) is 6.54 Å². The summed E-state index contributed by atoms with van der Waals surface area (Å²) >= 11 is 5.92. The molecule has 0 spiro atoms. The molecule has 7 nitrogen and oxygen atoms in total. The van der Waals surface area contributed by atoms with Gasteiger partial charge in [-0.25, -0.2) is 0 Å². The second-order valence-electron chi connectivity index (χ2n) is 5.67. The molecular formula is C19H14ClN5O2. The number of halogens is 1. The highest BCUT2D eigenvalue weighted by Crippen LogP contribution is 2.20. The molecule has 0 bridgehead atoms. The van der Waals surface area contributed by atoms with Crippen molar-refractivity contribution in [3.8, 4) is 11.6 Å². The van der Waals surface area contributed by atoms with Gasteiger partial charge in [-0.15, -0.1) is 5.10 Å². The lowest BCUT2D eigenvalue weighted by Gasteiger charge is -2.07. The van der Waals surface area contributed by atoms with E-state index in [9.17, 15) is 4.79 Å². The number of rotatable bonds is 5. The van der Waals surface area contributed by atoms with Crippen LogP contribution in [0.1, 0.15) is 15.9 Å². The average Bonchev–Trinajstić information content (AvgIpc) is 3.37. The van der Waals surface area contributed by atoms with Gasteiger partial charge in [0.15, 0.2) is 5.76 Å². The van der Waals surface area contributed by atoms with Crippen LogP contribution in [0.5, 0.6) is 0 Å². The Morgan fingerprint density at radius 1 is 1.15 bits per heavy atom. The summed E-state index contributed by atoms with van der Waals surface area (Å²) < 4.78 is 6.56. The zero-order valence-corrected chi connectivity index (χ0v) is 14.8. The van der Waals surface area contributed by atoms with E-state index in [1.807, 2.05) is 12.1 Å². The predicted octanol–water partition coefficient (Wildman–Crippen LogP) is 3.89. The Hall–Kier alpha value is -3.45. The van der Waals surface area contributed by atoms with Crippen LogP contribution in [0.2, 0.25) is 5.02 Å². The molecule has 0 fully saturated rings. The molecule has 134 valence electrons. The Bertz CT molecular complexity index is 1040. The number of carbonyl (C=O) groups is 1. The number of pyridine rings is 1. The van der Waals surface area contributed by atoms with Crippen LogP contribution in [0.4, 0.5) is 5.95 Å². The maximum absolute atomic E-state index is 12.8. The lowest BCUT2D eigenvalue weighted by atomic mass is 10.2. The normalized spacial score (nSPS) is 10.7. The van der Waals surface area contributed by atoms with Crippen LogP contribution in [0.15, 0.2) is 71.6 Å². The van der Waals surface area contributed by atoms with Crippen molar-refractivity contribution < 1.29 is 9.21 Å². The standard InChI is InChI=1S/C19H14ClN5O2/c20-15-7-5-13(6-8-15)11-22-19-23-17(16-4-2-10-27-16)24-25(19)18(26)14-3-1-9-21-12-14/h1-10,12H,11H2,(H,22,23,24). The summed E-state index contributed by atoms with van der Waals surface area (Å²) in [6.07, 6.45) is 4.62. The summed E-state index contributed by atoms with van der Waals surface area (Å²) in [5, 5.41) is 8.11. The molecule has 1 aromatic carbocycles. The third-order valence-corrected chi connectivity index (χ3v) is 4.07. The van der Waals surface area contributed by atoms with E-state index in [1.54, 1.807) is 42.6 Å². The largest absolute Gasteiger partial charge is 0.461 e. The molecule has 0 atom stereocenters. The fourth-order valence-corrected chi connectivity index (χ4v) is 2.60. The molecule has 1 N–H and O–H groups in total. The number of hydrogen-bond donors (Lipinski definition) is 1. The maximum atomic E-state index is 12.8. The van der Waals surface area contributed by atoms with Crippen molar-refractivity contribution in [2.75, 3.05) is 5.32 Å². The fourth-order valence-electron chi connectivity index (χ4n) is 2.47. The minimum Gasteiger partial charge on any atom is -0.461 e. The van der Waals surface area contributed by atoms with E-state index in [-0.39, 0.29) is 5.91 Å². The summed E-state index contributed by atoms with van der Waals surface area (Å²) in [4.78, 5) is 21.2. The van der Waals surface area contributed by atoms with Gasteiger partial charge >= 0.3 is 0 Å². The number of aromatic nitrogens is 4. The Morgan fingerprint density at radius 2 is 2.00 bits per heavy atom. The van der Waals surface area contributed by atoms with E-state index in [2.05, 4.69) is 20.4 Å². The first-order valence-electron chi connectivity index (χ1n) is 8.15. The summed E-state index contributed by atoms with van der Waals surface area (Å²) in [5.41, 5.74) is 1.39. The second-order valence-corrected chi connectivity index (χ2v) is 6.11. The molecule has 0 aliphatic rings. The van der Waals surface area contributed by atoms with Gasteiger partial charge < -0.3 is 9.73 Å². The second kappa shape index (κ2) is 7.43. The average molecular weight is 380 g/mol. The third kappa shape index (κ3) is 3.73. The van der Waals surface area contributed by atoms with Crippen molar-refractivity contribution in [3.05, 3.63) is 83.3 Å². The summed E-state index contributed by atoms with van der Waals surface area (Å²) in [6, 6.07) is 14.2. The van der Waals surface area contributed by atoms with Crippen molar-refractivity contribution in [3.63, 3.8) is 0 Å². The van der Waals surface area contributed by atoms with Gasteiger partial charge in [0, 0.05) is 24.0 Å². The number of anilines is 1. The molecule has 0 radical (unpaired) electrons. The SMILES string of the molecule is O=C(c1cccnc1)n1nc(-c2ccco2)nc1NCc1ccc(Cl)cc1. The molecule has 4 aromatic rings. The molecule has 4 rings (SSSR count). The quantitative estimate of drug-likeness (QED) is 0.566. The van der Waals surface area contributed by atoms with Gasteiger partial charge in [0.25, 0.3) is 5.91 Å². The monoisotopic (exact) mass is 379 g/mol. The molecule has 0 aliphatic carbocycles. The van der Waals surface area contributed by atoms with E-state index in [4.69, 9.17) is 16.0 Å². The van der Waals surface area contributed by atoms with Crippen molar-refractivity contribution >= 4 is 23.5 Å². The minimum absolute atomic E-state index is 0.310. The molecular weight excluding hydrogens is 366 g/mol. The Balaban J connectivity index is 1.66. The summed E-state index contributed by atoms with van der Waals surface area (Å²) in [5.74, 6) is 0.760. The Labute approximate surface area is 159 Å². The number of nitrogens with zero attached hydrogens (tertiary/aromatic N) is 4. The fraction of sp³-hybridized carbons (Fsp3) is 0.0526. The van der Waals surface area contributed by atoms with Gasteiger partial charge in [-0.3, -0.25) is 9.78 Å². The molecule has 0 unspecified atom stereocenters. The smallest absolute Gasteiger partial charge is 0.282 e. The van der Waals surface area contributed by atoms with E-state index in [0.29, 0.717) is 34.7 Å². The zero-order chi connectivity index (χ0) is 18.6. The van der Waals surface area contributed by atoms with E-state index in [1.165, 1.54) is 17.1 Å². The molecule has 0 aliphatic heterocycles. The highest BCUT2D eigenvalue weighted by atomic mass is 35.5. The highest BCUT2D eigenvalue weighted by molar-refractivity contribution is 6.30. The first-order chi connectivity index (χ1) is 13.2. The summed E-state index contributed by atoms with van der Waals surface area (Å²) in [7, 11) is 0. The highest BCUT2D eigenvalue weighted by Gasteiger charge is 2.19. The van der Waals surface area contributed by atoms with Gasteiger partial charge in [-0.1, -0.05) is 23.7 Å². The number of furan rings is 1. The first-order valence-corrected chi connectivity index (χ1v) is 8.52. The van der Waals surface area contributed by atoms with Crippen LogP contribution in [0.25, 0.3) is 11.6 Å². The molecule has 27 heavy (non-hydrogen) atoms. The molecule has 0 saturated carbocycles. The molecule has 0 amide bonds. The minimum atomic E-state index is -0.341. The molecule has 8 heteroatoms. The van der Waals surface area contributed by atoms with E-state index in [0.717, 1.165) is 5.56 Å². The van der Waals surface area contributed by atoms with Crippen LogP contribution in [0.3, 0.4) is 0 Å². The van der Waals surface area contributed by atoms with Crippen molar-refractivity contribution in [2.45, 2.75) is 6.54 Å². The van der Waals surface area contributed by atoms with E-state index < -0.39 is 0 Å².